The summed E-state index contributed by atoms with van der Waals surface area (Å²) in [4.78, 5) is 10.9. The first-order chi connectivity index (χ1) is 7.27. The normalized spacial score (nSPS) is 17.9. The maximum Gasteiger partial charge on any atom is 0.258 e. The summed E-state index contributed by atoms with van der Waals surface area (Å²) in [7, 11) is 0. The lowest BCUT2D eigenvalue weighted by Gasteiger charge is -2.23. The van der Waals surface area contributed by atoms with Gasteiger partial charge in [0.15, 0.2) is 6.10 Å². The maximum absolute atomic E-state index is 10.9. The average molecular weight is 207 g/mol. The summed E-state index contributed by atoms with van der Waals surface area (Å²) < 4.78 is 5.42. The first-order valence-corrected chi connectivity index (χ1v) is 5.31. The molecule has 0 bridgehead atoms. The molecule has 3 nitrogen and oxygen atoms in total. The van der Waals surface area contributed by atoms with Crippen molar-refractivity contribution in [1.29, 1.82) is 0 Å². The molecule has 0 spiro atoms. The number of amides is 1. The van der Waals surface area contributed by atoms with Crippen molar-refractivity contribution >= 4 is 5.91 Å². The fraction of sp³-hybridized carbons (Fsp3) is 0.417. The molecule has 0 radical (unpaired) electrons. The fourth-order valence-corrected chi connectivity index (χ4v) is 1.52. The Labute approximate surface area is 90.2 Å². The highest BCUT2D eigenvalue weighted by atomic mass is 16.5. The number of hydrogen-bond donors (Lipinski definition) is 1. The van der Waals surface area contributed by atoms with Crippen LogP contribution in [0.5, 0.6) is 5.75 Å². The third kappa shape index (κ3) is 2.72. The Hall–Kier alpha value is -1.51. The second kappa shape index (κ2) is 5.39. The Morgan fingerprint density at radius 2 is 2.07 bits per heavy atom. The number of hydrogen-bond acceptors (Lipinski definition) is 2. The summed E-state index contributed by atoms with van der Waals surface area (Å²) in [5.41, 5.74) is 6.31. The van der Waals surface area contributed by atoms with Crippen LogP contribution in [0.25, 0.3) is 0 Å². The van der Waals surface area contributed by atoms with Gasteiger partial charge in [0.2, 0.25) is 0 Å². The average Bonchev–Trinajstić information content (AvgIpc) is 2.31. The van der Waals surface area contributed by atoms with Gasteiger partial charge < -0.3 is 10.5 Å². The van der Waals surface area contributed by atoms with Gasteiger partial charge in [-0.3, -0.25) is 4.79 Å². The minimum absolute atomic E-state index is 0.380. The number of benzene rings is 1. The van der Waals surface area contributed by atoms with Crippen LogP contribution in [0.15, 0.2) is 24.3 Å². The third-order valence-corrected chi connectivity index (χ3v) is 2.24. The number of carbonyl (C=O) groups is 1. The van der Waals surface area contributed by atoms with Crippen LogP contribution in [0.1, 0.15) is 25.8 Å². The Bertz CT molecular complexity index is 336. The monoisotopic (exact) mass is 207 g/mol. The molecule has 0 aliphatic carbocycles. The molecule has 0 aromatic heterocycles. The number of fused-ring (bicyclic) bond motifs is 1. The van der Waals surface area contributed by atoms with E-state index in [0.29, 0.717) is 6.42 Å². The summed E-state index contributed by atoms with van der Waals surface area (Å²) in [6.45, 7) is 4.00. The molecular weight excluding hydrogens is 190 g/mol. The number of para-hydroxylation sites is 1. The number of nitrogens with two attached hydrogens (primary N) is 1. The SMILES string of the molecule is CC.NC(=O)C1CCc2ccccc2O1. The van der Waals surface area contributed by atoms with Crippen molar-refractivity contribution in [3.63, 3.8) is 0 Å². The molecule has 0 saturated heterocycles. The molecule has 82 valence electrons. The fourth-order valence-electron chi connectivity index (χ4n) is 1.52. The maximum atomic E-state index is 10.9. The molecule has 1 aromatic rings. The number of primary amides is 1. The van der Waals surface area contributed by atoms with E-state index in [0.717, 1.165) is 17.7 Å². The molecule has 1 aromatic carbocycles. The van der Waals surface area contributed by atoms with Gasteiger partial charge in [-0.2, -0.15) is 0 Å². The predicted octanol–water partition coefficient (Wildman–Crippen LogP) is 1.89. The van der Waals surface area contributed by atoms with Crippen LogP contribution in [0, 0.1) is 0 Å². The number of ether oxygens (including phenoxy) is 1. The minimum atomic E-state index is -0.449. The van der Waals surface area contributed by atoms with E-state index in [1.165, 1.54) is 0 Å². The largest absolute Gasteiger partial charge is 0.480 e. The topological polar surface area (TPSA) is 52.3 Å². The van der Waals surface area contributed by atoms with Crippen LogP contribution in [0.4, 0.5) is 0 Å². The number of aryl methyl sites for hydroxylation is 1. The van der Waals surface area contributed by atoms with Crippen molar-refractivity contribution in [3.8, 4) is 5.75 Å². The van der Waals surface area contributed by atoms with Crippen molar-refractivity contribution in [1.82, 2.24) is 0 Å². The van der Waals surface area contributed by atoms with Crippen molar-refractivity contribution in [2.75, 3.05) is 0 Å². The van der Waals surface area contributed by atoms with Gasteiger partial charge in [0, 0.05) is 0 Å². The van der Waals surface area contributed by atoms with Gasteiger partial charge in [-0.25, -0.2) is 0 Å². The zero-order valence-electron chi connectivity index (χ0n) is 9.19. The van der Waals surface area contributed by atoms with Gasteiger partial charge in [0.05, 0.1) is 0 Å². The van der Waals surface area contributed by atoms with Crippen LogP contribution >= 0.6 is 0 Å². The molecular formula is C12H17NO2. The molecule has 1 aliphatic heterocycles. The van der Waals surface area contributed by atoms with E-state index in [-0.39, 0.29) is 5.91 Å². The van der Waals surface area contributed by atoms with E-state index < -0.39 is 6.10 Å². The molecule has 15 heavy (non-hydrogen) atoms. The lowest BCUT2D eigenvalue weighted by atomic mass is 10.0. The quantitative estimate of drug-likeness (QED) is 0.764. The highest BCUT2D eigenvalue weighted by molar-refractivity contribution is 5.79. The van der Waals surface area contributed by atoms with Gasteiger partial charge in [-0.05, 0) is 24.5 Å². The summed E-state index contributed by atoms with van der Waals surface area (Å²) in [6, 6.07) is 7.73. The van der Waals surface area contributed by atoms with E-state index in [1.54, 1.807) is 0 Å². The second-order valence-electron chi connectivity index (χ2n) is 3.16. The second-order valence-corrected chi connectivity index (χ2v) is 3.16. The lowest BCUT2D eigenvalue weighted by Crippen LogP contribution is -2.36. The molecule has 2 N–H and O–H groups in total. The lowest BCUT2D eigenvalue weighted by molar-refractivity contribution is -0.125. The first-order valence-electron chi connectivity index (χ1n) is 5.31. The van der Waals surface area contributed by atoms with E-state index in [4.69, 9.17) is 10.5 Å². The molecule has 2 rings (SSSR count). The molecule has 1 aliphatic rings. The van der Waals surface area contributed by atoms with Gasteiger partial charge in [-0.1, -0.05) is 32.0 Å². The first kappa shape index (κ1) is 11.6. The Morgan fingerprint density at radius 1 is 1.40 bits per heavy atom. The van der Waals surface area contributed by atoms with Crippen LogP contribution < -0.4 is 10.5 Å². The van der Waals surface area contributed by atoms with E-state index in [9.17, 15) is 4.79 Å². The van der Waals surface area contributed by atoms with Crippen molar-refractivity contribution < 1.29 is 9.53 Å². The highest BCUT2D eigenvalue weighted by Crippen LogP contribution is 2.26. The third-order valence-electron chi connectivity index (χ3n) is 2.24. The van der Waals surface area contributed by atoms with E-state index >= 15 is 0 Å². The molecule has 1 atom stereocenters. The van der Waals surface area contributed by atoms with Crippen molar-refractivity contribution in [3.05, 3.63) is 29.8 Å². The number of carbonyl (C=O) groups excluding carboxylic acids is 1. The smallest absolute Gasteiger partial charge is 0.258 e. The molecule has 0 saturated carbocycles. The van der Waals surface area contributed by atoms with Crippen molar-refractivity contribution in [2.24, 2.45) is 5.73 Å². The van der Waals surface area contributed by atoms with Crippen LogP contribution in [-0.2, 0) is 11.2 Å². The summed E-state index contributed by atoms with van der Waals surface area (Å²) in [5.74, 6) is 0.409. The summed E-state index contributed by atoms with van der Waals surface area (Å²) in [5, 5.41) is 0. The minimum Gasteiger partial charge on any atom is -0.480 e. The highest BCUT2D eigenvalue weighted by Gasteiger charge is 2.23. The van der Waals surface area contributed by atoms with E-state index in [2.05, 4.69) is 0 Å². The van der Waals surface area contributed by atoms with Crippen LogP contribution in [0.3, 0.4) is 0 Å². The van der Waals surface area contributed by atoms with Crippen molar-refractivity contribution in [2.45, 2.75) is 32.8 Å². The van der Waals surface area contributed by atoms with Gasteiger partial charge >= 0.3 is 0 Å². The Kier molecular flexibility index (Phi) is 4.16. The van der Waals surface area contributed by atoms with E-state index in [1.807, 2.05) is 38.1 Å². The van der Waals surface area contributed by atoms with Crippen LogP contribution in [0.2, 0.25) is 0 Å². The molecule has 0 fully saturated rings. The molecule has 1 amide bonds. The summed E-state index contributed by atoms with van der Waals surface area (Å²) >= 11 is 0. The Morgan fingerprint density at radius 3 is 2.73 bits per heavy atom. The number of rotatable bonds is 1. The standard InChI is InChI=1S/C10H11NO2.C2H6/c11-10(12)9-6-5-7-3-1-2-4-8(7)13-9;1-2/h1-4,9H,5-6H2,(H2,11,12);1-2H3. The summed E-state index contributed by atoms with van der Waals surface area (Å²) in [6.07, 6.45) is 1.10. The molecule has 1 heterocycles. The van der Waals surface area contributed by atoms with Gasteiger partial charge in [-0.15, -0.1) is 0 Å². The predicted molar refractivity (Wildman–Crippen MR) is 59.7 cm³/mol. The zero-order chi connectivity index (χ0) is 11.3. The van der Waals surface area contributed by atoms with Crippen LogP contribution in [-0.4, -0.2) is 12.0 Å². The zero-order valence-corrected chi connectivity index (χ0v) is 9.19. The van der Waals surface area contributed by atoms with Gasteiger partial charge in [0.1, 0.15) is 5.75 Å². The molecule has 1 unspecified atom stereocenters. The van der Waals surface area contributed by atoms with Gasteiger partial charge in [0.25, 0.3) is 5.91 Å². The Balaban J connectivity index is 0.000000531. The molecule has 3 heteroatoms.